The average Bonchev–Trinajstić information content (AvgIpc) is 3.67. The number of phosphoric ester groups is 1. The zero-order chi connectivity index (χ0) is 38.1. The molecule has 0 amide bonds. The Kier molecular flexibility index (Phi) is 11.8. The first-order chi connectivity index (χ1) is 25.2. The number of nitrogens with zero attached hydrogens (tertiary/aromatic N) is 5. The highest BCUT2D eigenvalue weighted by atomic mass is 35.5. The fourth-order valence-electron chi connectivity index (χ4n) is 5.24. The van der Waals surface area contributed by atoms with Gasteiger partial charge < -0.3 is 24.8 Å². The van der Waals surface area contributed by atoms with E-state index in [-0.39, 0.29) is 28.5 Å². The lowest BCUT2D eigenvalue weighted by molar-refractivity contribution is -0.0786. The van der Waals surface area contributed by atoms with Gasteiger partial charge in [-0.15, -0.1) is 0 Å². The molecule has 0 radical (unpaired) electrons. The molecule has 6 rings (SSSR count). The van der Waals surface area contributed by atoms with Crippen LogP contribution in [0.5, 0.6) is 5.75 Å². The molecule has 26 heteroatoms. The number of carbonyl (C=O) groups is 1. The topological polar surface area (TPSA) is 261 Å². The largest absolute Gasteiger partial charge is 0.474 e. The van der Waals surface area contributed by atoms with E-state index < -0.39 is 87.6 Å². The lowest BCUT2D eigenvalue weighted by Gasteiger charge is -2.29. The Balaban J connectivity index is 1.37. The predicted molar refractivity (Wildman–Crippen MR) is 180 cm³/mol. The molecule has 286 valence electrons. The summed E-state index contributed by atoms with van der Waals surface area (Å²) in [6.07, 6.45) is -11.0. The highest BCUT2D eigenvalue weighted by Crippen LogP contribution is 2.64. The summed E-state index contributed by atoms with van der Waals surface area (Å²) in [4.78, 5) is 60.0. The molecule has 3 aromatic heterocycles. The van der Waals surface area contributed by atoms with Crippen molar-refractivity contribution in [1.82, 2.24) is 29.1 Å². The number of hydrogen-bond acceptors (Lipinski definition) is 17. The number of nitrogen functional groups attached to an aromatic ring is 1. The van der Waals surface area contributed by atoms with Crippen molar-refractivity contribution in [1.29, 1.82) is 0 Å². The van der Waals surface area contributed by atoms with E-state index in [1.807, 2.05) is 4.98 Å². The van der Waals surface area contributed by atoms with Crippen molar-refractivity contribution in [2.45, 2.75) is 48.9 Å². The van der Waals surface area contributed by atoms with E-state index in [4.69, 9.17) is 49.6 Å². The number of nitrogens with two attached hydrogens (primary N) is 1. The van der Waals surface area contributed by atoms with E-state index in [2.05, 4.69) is 15.0 Å². The standard InChI is InChI=1S/C27H28ClF2N7O13P2S/c1-44-15-8-46-52(43,53-10-13-2-4-14(5-3-13)47-26(28)39)49-21-16(48-24(19(21)30)36-7-6-17(38)35-27(36)40)9-45-51(41,42)50-25(18(15)29)37-12-34-20-22(31)32-11-33-23(20)37/h2-7,11-12,15-16,18-19,21,24-25H,8-10H2,1H3,(H,41,42)(H2,31,32,33)(H,35,38,40)/t15-,16-,18-,19-,21-,24-,25-,52?/m1/s1. The predicted octanol–water partition coefficient (Wildman–Crippen LogP) is 3.37. The summed E-state index contributed by atoms with van der Waals surface area (Å²) in [5.41, 5.74) is 3.26. The zero-order valence-electron chi connectivity index (χ0n) is 26.9. The van der Waals surface area contributed by atoms with E-state index in [0.29, 0.717) is 21.5 Å². The third kappa shape index (κ3) is 8.87. The van der Waals surface area contributed by atoms with Crippen molar-refractivity contribution in [3.05, 3.63) is 75.6 Å². The molecule has 53 heavy (non-hydrogen) atoms. The molecule has 0 spiro atoms. The molecule has 0 saturated carbocycles. The molecule has 2 saturated heterocycles. The summed E-state index contributed by atoms with van der Waals surface area (Å²) in [6, 6.07) is 6.67. The molecule has 1 aromatic carbocycles. The highest BCUT2D eigenvalue weighted by Gasteiger charge is 2.52. The maximum absolute atomic E-state index is 16.5. The van der Waals surface area contributed by atoms with Crippen LogP contribution in [0.1, 0.15) is 18.0 Å². The summed E-state index contributed by atoms with van der Waals surface area (Å²) in [5.74, 6) is -0.142. The number of rotatable bonds is 7. The van der Waals surface area contributed by atoms with E-state index in [9.17, 15) is 28.4 Å². The first-order valence-electron chi connectivity index (χ1n) is 15.1. The fraction of sp³-hybridized carbons (Fsp3) is 0.407. The maximum Gasteiger partial charge on any atom is 0.474 e. The van der Waals surface area contributed by atoms with Gasteiger partial charge in [0.15, 0.2) is 36.3 Å². The number of H-pyrrole nitrogens is 1. The van der Waals surface area contributed by atoms with Gasteiger partial charge in [-0.2, -0.15) is 0 Å². The molecule has 9 atom stereocenters. The average molecular weight is 826 g/mol. The Morgan fingerprint density at radius 1 is 1.08 bits per heavy atom. The summed E-state index contributed by atoms with van der Waals surface area (Å²) in [6.45, 7) is -6.52. The van der Waals surface area contributed by atoms with Crippen LogP contribution in [-0.2, 0) is 42.5 Å². The van der Waals surface area contributed by atoms with Gasteiger partial charge in [-0.05, 0) is 29.1 Å². The van der Waals surface area contributed by atoms with Gasteiger partial charge in [-0.1, -0.05) is 12.1 Å². The Morgan fingerprint density at radius 2 is 1.83 bits per heavy atom. The summed E-state index contributed by atoms with van der Waals surface area (Å²) in [5, 5.41) is 0. The monoisotopic (exact) mass is 825 g/mol. The number of ether oxygens (including phenoxy) is 3. The van der Waals surface area contributed by atoms with Crippen molar-refractivity contribution >= 4 is 60.0 Å². The van der Waals surface area contributed by atoms with Gasteiger partial charge in [-0.25, -0.2) is 42.5 Å². The number of nitrogens with one attached hydrogen (secondary N) is 1. The molecule has 5 heterocycles. The molecule has 20 nitrogen and oxygen atoms in total. The first kappa shape index (κ1) is 39.1. The van der Waals surface area contributed by atoms with Gasteiger partial charge in [0.1, 0.15) is 35.9 Å². The Bertz CT molecular complexity index is 2180. The number of aromatic amines is 1. The molecule has 2 aliphatic heterocycles. The molecule has 2 fully saturated rings. The van der Waals surface area contributed by atoms with E-state index in [1.165, 1.54) is 24.3 Å². The van der Waals surface area contributed by atoms with Gasteiger partial charge in [0.2, 0.25) is 0 Å². The number of carbonyl (C=O) groups excluding carboxylic acids is 1. The number of benzene rings is 1. The number of anilines is 1. The van der Waals surface area contributed by atoms with Crippen LogP contribution in [0.15, 0.2) is 58.8 Å². The summed E-state index contributed by atoms with van der Waals surface area (Å²) in [7, 11) is -4.27. The van der Waals surface area contributed by atoms with Crippen LogP contribution in [-0.4, -0.2) is 90.4 Å². The smallest absolute Gasteiger partial charge is 0.415 e. The number of aromatic nitrogens is 6. The molecule has 0 bridgehead atoms. The van der Waals surface area contributed by atoms with Crippen LogP contribution in [0.4, 0.5) is 19.4 Å². The third-order valence-electron chi connectivity index (χ3n) is 7.79. The fourth-order valence-corrected chi connectivity index (χ4v) is 9.60. The van der Waals surface area contributed by atoms with Crippen molar-refractivity contribution in [3.8, 4) is 5.75 Å². The van der Waals surface area contributed by atoms with Crippen LogP contribution < -0.4 is 21.7 Å². The normalized spacial score (nSPS) is 31.2. The van der Waals surface area contributed by atoms with Crippen LogP contribution in [0, 0.1) is 0 Å². The lowest BCUT2D eigenvalue weighted by Crippen LogP contribution is -2.37. The molecular formula is C27H28ClF2N7O13P2S. The summed E-state index contributed by atoms with van der Waals surface area (Å²) < 4.78 is 100.0. The minimum atomic E-state index is -5.34. The second-order valence-electron chi connectivity index (χ2n) is 11.2. The Labute approximate surface area is 304 Å². The SMILES string of the molecule is CO[C@@H]1COP(=O)(SCc2ccc(OC(=O)Cl)cc2)O[C@H]2[C@@H](F)[C@H](n3ccc(=O)[nH]c3=O)O[C@@H]2COP(=O)(O)O[C@@H](n2cnc3c(N)ncnc32)[C@@H]1F. The molecular weight excluding hydrogens is 798 g/mol. The van der Waals surface area contributed by atoms with Gasteiger partial charge in [0.25, 0.3) is 5.56 Å². The number of phosphoric acid groups is 1. The molecule has 2 unspecified atom stereocenters. The maximum atomic E-state index is 16.5. The Morgan fingerprint density at radius 3 is 2.53 bits per heavy atom. The van der Waals surface area contributed by atoms with Crippen molar-refractivity contribution in [2.24, 2.45) is 0 Å². The summed E-state index contributed by atoms with van der Waals surface area (Å²) >= 11 is 5.79. The quantitative estimate of drug-likeness (QED) is 0.178. The van der Waals surface area contributed by atoms with Crippen molar-refractivity contribution in [3.63, 3.8) is 0 Å². The van der Waals surface area contributed by atoms with Crippen LogP contribution in [0.3, 0.4) is 0 Å². The number of imidazole rings is 1. The third-order valence-corrected chi connectivity index (χ3v) is 12.5. The minimum Gasteiger partial charge on any atom is -0.415 e. The van der Waals surface area contributed by atoms with Gasteiger partial charge in [-0.3, -0.25) is 37.0 Å². The molecule has 4 aromatic rings. The lowest BCUT2D eigenvalue weighted by atomic mass is 10.1. The molecule has 0 aliphatic carbocycles. The van der Waals surface area contributed by atoms with Crippen LogP contribution in [0.25, 0.3) is 11.2 Å². The van der Waals surface area contributed by atoms with E-state index in [1.54, 1.807) is 0 Å². The van der Waals surface area contributed by atoms with Gasteiger partial charge >= 0.3 is 25.7 Å². The van der Waals surface area contributed by atoms with E-state index >= 15 is 8.78 Å². The van der Waals surface area contributed by atoms with Crippen molar-refractivity contribution < 1.29 is 59.9 Å². The van der Waals surface area contributed by atoms with Gasteiger partial charge in [0.05, 0.1) is 19.5 Å². The molecule has 2 aliphatic rings. The van der Waals surface area contributed by atoms with Crippen molar-refractivity contribution in [2.75, 3.05) is 26.1 Å². The second kappa shape index (κ2) is 16.0. The molecule has 4 N–H and O–H groups in total. The number of methoxy groups -OCH3 is 1. The zero-order valence-corrected chi connectivity index (χ0v) is 30.2. The number of halogens is 3. The van der Waals surface area contributed by atoms with Gasteiger partial charge in [0, 0.05) is 36.7 Å². The minimum absolute atomic E-state index is 0.00648. The van der Waals surface area contributed by atoms with Crippen LogP contribution >= 0.6 is 37.6 Å². The highest BCUT2D eigenvalue weighted by molar-refractivity contribution is 8.54. The number of alkyl halides is 2. The first-order valence-corrected chi connectivity index (χ1v) is 20.1. The second-order valence-corrected chi connectivity index (χ2v) is 16.9. The number of hydrogen-bond donors (Lipinski definition) is 3. The Hall–Kier alpha value is -3.60. The van der Waals surface area contributed by atoms with E-state index in [0.717, 1.165) is 36.6 Å². The van der Waals surface area contributed by atoms with Crippen LogP contribution in [0.2, 0.25) is 0 Å². The number of fused-ring (bicyclic) bond motifs is 2.